The van der Waals surface area contributed by atoms with Crippen LogP contribution in [0.25, 0.3) is 0 Å². The van der Waals surface area contributed by atoms with E-state index in [0.29, 0.717) is 0 Å². The van der Waals surface area contributed by atoms with Crippen molar-refractivity contribution in [3.8, 4) is 0 Å². The summed E-state index contributed by atoms with van der Waals surface area (Å²) in [6.07, 6.45) is 10.2. The Bertz CT molecular complexity index is 844. The molecule has 0 bridgehead atoms. The van der Waals surface area contributed by atoms with Gasteiger partial charge in [0.2, 0.25) is 0 Å². The third kappa shape index (κ3) is 1.45. The van der Waals surface area contributed by atoms with Crippen LogP contribution in [0.4, 0.5) is 0 Å². The summed E-state index contributed by atoms with van der Waals surface area (Å²) >= 11 is 0. The Balaban J connectivity index is 0.00000312. The number of aromatic nitrogens is 1. The number of aromatic amines is 1. The smallest absolute Gasteiger partial charge is 0.147 e. The number of rotatable bonds is 2. The summed E-state index contributed by atoms with van der Waals surface area (Å²) in [7, 11) is -5.66. The standard InChI is InChI=1S/C5H5.C4H4N.2C4H9.5CH3.2ClH.Ti/c2*1-2-4-5-3-1;2*1-4(2)3;;;;;;;;/h1-3H,4H2;1-3,5H;2*1-3H3;5*1H3;2*1H;. The molecule has 1 aliphatic rings. The fraction of sp³-hybridized carbons (Fsp3) is 0.636. The van der Waals surface area contributed by atoms with Crippen LogP contribution in [0.2, 0.25) is 33.6 Å². The molecule has 0 amide bonds. The van der Waals surface area contributed by atoms with Crippen LogP contribution in [0.1, 0.15) is 48.0 Å². The SMILES string of the molecule is C[C](C)(C)[Ti]([CH3])([CH3])([CH3])([CH3])([CH3])([C]1=CC=CC1)([c]1ccc[nH]1)[C](C)(C)C.Cl.Cl. The number of allylic oxidation sites excluding steroid dienone is 4. The number of nitrogens with one attached hydrogen (secondary N) is 1. The first kappa shape index (κ1) is 26.1. The fourth-order valence-electron chi connectivity index (χ4n) is 6.06. The Morgan fingerprint density at radius 2 is 1.31 bits per heavy atom. The Labute approximate surface area is 165 Å². The molecule has 155 valence electrons. The van der Waals surface area contributed by atoms with Gasteiger partial charge in [0, 0.05) is 0 Å². The molecule has 0 aliphatic heterocycles. The summed E-state index contributed by atoms with van der Waals surface area (Å²) in [5, 5.41) is 13.4. The zero-order chi connectivity index (χ0) is 19.1. The Hall–Kier alpha value is 0.0543. The van der Waals surface area contributed by atoms with Gasteiger partial charge < -0.3 is 0 Å². The van der Waals surface area contributed by atoms with Gasteiger partial charge in [0.15, 0.2) is 0 Å². The van der Waals surface area contributed by atoms with Crippen molar-refractivity contribution in [2.45, 2.75) is 81.5 Å². The van der Waals surface area contributed by atoms with Gasteiger partial charge in [-0.15, -0.1) is 24.8 Å². The zero-order valence-corrected chi connectivity index (χ0v) is 22.2. The molecule has 1 N–H and O–H groups in total. The molecule has 0 fully saturated rings. The third-order valence-corrected chi connectivity index (χ3v) is 58.5. The van der Waals surface area contributed by atoms with Crippen LogP contribution < -0.4 is 4.00 Å². The predicted octanol–water partition coefficient (Wildman–Crippen LogP) is 8.84. The van der Waals surface area contributed by atoms with Crippen molar-refractivity contribution < 1.29 is 10.2 Å². The van der Waals surface area contributed by atoms with Gasteiger partial charge in [-0.05, 0) is 0 Å². The monoisotopic (exact) mass is 440 g/mol. The van der Waals surface area contributed by atoms with Crippen molar-refractivity contribution >= 4 is 28.8 Å². The van der Waals surface area contributed by atoms with E-state index in [1.165, 1.54) is 4.00 Å². The summed E-state index contributed by atoms with van der Waals surface area (Å²) < 4.78 is 2.98. The first-order chi connectivity index (χ1) is 10.0. The van der Waals surface area contributed by atoms with Crippen LogP contribution in [0, 0.1) is 0 Å². The van der Waals surface area contributed by atoms with Crippen molar-refractivity contribution in [1.29, 1.82) is 0 Å². The topological polar surface area (TPSA) is 15.8 Å². The van der Waals surface area contributed by atoms with Crippen molar-refractivity contribution in [2.75, 3.05) is 0 Å². The maximum absolute atomic E-state index is 5.66. The van der Waals surface area contributed by atoms with E-state index in [2.05, 4.69) is 109 Å². The third-order valence-electron chi connectivity index (χ3n) is 15.0. The van der Waals surface area contributed by atoms with Gasteiger partial charge in [-0.25, -0.2) is 0 Å². The van der Waals surface area contributed by atoms with Gasteiger partial charge in [-0.1, -0.05) is 0 Å². The molecule has 1 aromatic rings. The molecule has 26 heavy (non-hydrogen) atoms. The van der Waals surface area contributed by atoms with Crippen LogP contribution in [0.3, 0.4) is 0 Å². The number of halogens is 2. The molecule has 0 saturated heterocycles. The van der Waals surface area contributed by atoms with Crippen molar-refractivity contribution in [3.63, 3.8) is 0 Å². The van der Waals surface area contributed by atoms with Crippen molar-refractivity contribution in [2.24, 2.45) is 0 Å². The van der Waals surface area contributed by atoms with Gasteiger partial charge in [-0.2, -0.15) is 0 Å². The molecular weight excluding hydrogens is 397 g/mol. The Morgan fingerprint density at radius 1 is 0.846 bits per heavy atom. The second kappa shape index (κ2) is 3.76. The van der Waals surface area contributed by atoms with E-state index in [1.807, 2.05) is 0 Å². The van der Waals surface area contributed by atoms with E-state index < -0.39 is 10.2 Å². The predicted molar refractivity (Wildman–Crippen MR) is 126 cm³/mol. The molecule has 0 unspecified atom stereocenters. The minimum Gasteiger partial charge on any atom is -0.147 e. The van der Waals surface area contributed by atoms with Crippen LogP contribution in [0.5, 0.6) is 0 Å². The Kier molecular flexibility index (Phi) is 3.77. The van der Waals surface area contributed by atoms with Gasteiger partial charge in [0.1, 0.15) is 0 Å². The molecule has 1 aromatic heterocycles. The second-order valence-electron chi connectivity index (χ2n) is 17.7. The summed E-state index contributed by atoms with van der Waals surface area (Å²) in [4.78, 5) is 3.77. The molecule has 1 heterocycles. The van der Waals surface area contributed by atoms with E-state index in [9.17, 15) is 0 Å². The van der Waals surface area contributed by atoms with Gasteiger partial charge >= 0.3 is 141 Å². The van der Waals surface area contributed by atoms with Crippen LogP contribution in [-0.2, 0) is 10.2 Å². The Morgan fingerprint density at radius 3 is 1.58 bits per heavy atom. The van der Waals surface area contributed by atoms with Crippen LogP contribution in [0.15, 0.2) is 40.4 Å². The quantitative estimate of drug-likeness (QED) is 0.441. The van der Waals surface area contributed by atoms with E-state index in [1.54, 1.807) is 3.88 Å². The minimum absolute atomic E-state index is 0. The summed E-state index contributed by atoms with van der Waals surface area (Å²) in [5.41, 5.74) is 0. The first-order valence-corrected chi connectivity index (χ1v) is 20.6. The molecule has 4 heteroatoms. The largest absolute Gasteiger partial charge is 0.147 e. The van der Waals surface area contributed by atoms with Gasteiger partial charge in [-0.3, -0.25) is 0 Å². The molecule has 0 saturated carbocycles. The number of H-pyrrole nitrogens is 1. The molecule has 2 rings (SSSR count). The molecule has 0 spiro atoms. The first-order valence-electron chi connectivity index (χ1n) is 9.71. The van der Waals surface area contributed by atoms with Gasteiger partial charge in [0.25, 0.3) is 0 Å². The maximum atomic E-state index is 3.77. The summed E-state index contributed by atoms with van der Waals surface area (Å²) in [5.74, 6) is 0. The average Bonchev–Trinajstić information content (AvgIpc) is 3.01. The molecule has 0 radical (unpaired) electrons. The van der Waals surface area contributed by atoms with E-state index >= 15 is 0 Å². The van der Waals surface area contributed by atoms with Crippen LogP contribution >= 0.6 is 24.8 Å². The van der Waals surface area contributed by atoms with E-state index in [4.69, 9.17) is 0 Å². The summed E-state index contributed by atoms with van der Waals surface area (Å²) in [6.45, 7) is 14.8. The van der Waals surface area contributed by atoms with Crippen molar-refractivity contribution in [1.82, 2.24) is 4.98 Å². The van der Waals surface area contributed by atoms with E-state index in [0.717, 1.165) is 6.42 Å². The van der Waals surface area contributed by atoms with Crippen molar-refractivity contribution in [3.05, 3.63) is 40.4 Å². The number of hydrogen-bond donors (Lipinski definition) is 1. The molecule has 0 atom stereocenters. The molecule has 1 nitrogen and oxygen atoms in total. The average molecular weight is 441 g/mol. The number of hydrogen-bond acceptors (Lipinski definition) is 0. The van der Waals surface area contributed by atoms with Gasteiger partial charge in [0.05, 0.1) is 0 Å². The zero-order valence-electron chi connectivity index (χ0n) is 19.0. The van der Waals surface area contributed by atoms with E-state index in [-0.39, 0.29) is 32.3 Å². The fourth-order valence-corrected chi connectivity index (χ4v) is 23.2. The summed E-state index contributed by atoms with van der Waals surface area (Å²) in [6, 6.07) is 4.54. The molecule has 0 aromatic carbocycles. The molecule has 1 aliphatic carbocycles. The minimum atomic E-state index is -5.66. The normalized spacial score (nSPS) is 23.5. The second-order valence-corrected chi connectivity index (χ2v) is 57.8. The van der Waals surface area contributed by atoms with Crippen LogP contribution in [-0.4, -0.2) is 4.98 Å². The molecular formula is C22H44Cl2NTi. The maximum Gasteiger partial charge on any atom is -0.147 e.